The predicted molar refractivity (Wildman–Crippen MR) is 102 cm³/mol. The summed E-state index contributed by atoms with van der Waals surface area (Å²) in [6.07, 6.45) is -10.1. The van der Waals surface area contributed by atoms with E-state index in [1.807, 2.05) is 0 Å². The fourth-order valence-corrected chi connectivity index (χ4v) is 3.10. The molecule has 1 heterocycles. The minimum absolute atomic E-state index is 0.132. The van der Waals surface area contributed by atoms with E-state index < -0.39 is 36.0 Å². The van der Waals surface area contributed by atoms with Gasteiger partial charge in [-0.1, -0.05) is 23.2 Å². The third-order valence-corrected chi connectivity index (χ3v) is 4.63. The number of urea groups is 1. The highest BCUT2D eigenvalue weighted by Crippen LogP contribution is 2.39. The van der Waals surface area contributed by atoms with Crippen molar-refractivity contribution < 1.29 is 36.2 Å². The van der Waals surface area contributed by atoms with Crippen LogP contribution in [0.4, 0.5) is 36.8 Å². The fraction of sp³-hybridized carbons (Fsp3) is 0.333. The zero-order chi connectivity index (χ0) is 23.6. The van der Waals surface area contributed by atoms with Gasteiger partial charge >= 0.3 is 18.4 Å². The molecule has 0 bridgehead atoms. The molecular formula is C18H15Cl2F6N3O2. The number of pyridine rings is 1. The molecule has 3 N–H and O–H groups in total. The Morgan fingerprint density at radius 1 is 1.06 bits per heavy atom. The molecule has 0 fully saturated rings. The molecule has 0 radical (unpaired) electrons. The lowest BCUT2D eigenvalue weighted by atomic mass is 9.92. The van der Waals surface area contributed by atoms with Crippen LogP contribution >= 0.6 is 23.2 Å². The molecule has 170 valence electrons. The summed E-state index contributed by atoms with van der Waals surface area (Å²) in [4.78, 5) is 15.6. The first-order chi connectivity index (χ1) is 14.1. The Morgan fingerprint density at radius 2 is 1.65 bits per heavy atom. The lowest BCUT2D eigenvalue weighted by molar-refractivity contribution is -0.174. The van der Waals surface area contributed by atoms with Crippen molar-refractivity contribution in [1.82, 2.24) is 10.3 Å². The highest BCUT2D eigenvalue weighted by molar-refractivity contribution is 6.39. The molecule has 31 heavy (non-hydrogen) atoms. The van der Waals surface area contributed by atoms with E-state index in [0.29, 0.717) is 6.20 Å². The number of halogens is 8. The van der Waals surface area contributed by atoms with Gasteiger partial charge in [0, 0.05) is 6.20 Å². The Kier molecular flexibility index (Phi) is 7.34. The largest absolute Gasteiger partial charge is 0.417 e. The summed E-state index contributed by atoms with van der Waals surface area (Å²) >= 11 is 12.0. The Bertz CT molecular complexity index is 924. The van der Waals surface area contributed by atoms with Crippen LogP contribution in [-0.2, 0) is 18.3 Å². The SMILES string of the molecule is CC(O)(CC(F)(F)F)c1cc(Cl)c(NC(=O)NCc2ccc(C(F)(F)F)cn2)c(Cl)c1. The van der Waals surface area contributed by atoms with E-state index in [0.717, 1.165) is 31.2 Å². The van der Waals surface area contributed by atoms with Crippen LogP contribution in [0, 0.1) is 0 Å². The van der Waals surface area contributed by atoms with E-state index in [2.05, 4.69) is 15.6 Å². The summed E-state index contributed by atoms with van der Waals surface area (Å²) in [6.45, 7) is 0.719. The third kappa shape index (κ3) is 7.15. The lowest BCUT2D eigenvalue weighted by Crippen LogP contribution is -2.30. The Labute approximate surface area is 182 Å². The molecule has 1 unspecified atom stereocenters. The van der Waals surface area contributed by atoms with Crippen LogP contribution in [0.25, 0.3) is 0 Å². The van der Waals surface area contributed by atoms with Crippen molar-refractivity contribution in [1.29, 1.82) is 0 Å². The monoisotopic (exact) mass is 489 g/mol. The first-order valence-electron chi connectivity index (χ1n) is 8.44. The van der Waals surface area contributed by atoms with Crippen molar-refractivity contribution >= 4 is 34.9 Å². The number of carbonyl (C=O) groups is 1. The highest BCUT2D eigenvalue weighted by Gasteiger charge is 2.39. The van der Waals surface area contributed by atoms with Gasteiger partial charge < -0.3 is 15.7 Å². The number of benzene rings is 1. The van der Waals surface area contributed by atoms with Crippen LogP contribution in [0.1, 0.15) is 30.2 Å². The van der Waals surface area contributed by atoms with E-state index >= 15 is 0 Å². The molecule has 1 aromatic carbocycles. The summed E-state index contributed by atoms with van der Waals surface area (Å²) in [5.74, 6) is 0. The van der Waals surface area contributed by atoms with E-state index in [-0.39, 0.29) is 33.5 Å². The van der Waals surface area contributed by atoms with Gasteiger partial charge in [0.1, 0.15) is 0 Å². The number of aromatic nitrogens is 1. The van der Waals surface area contributed by atoms with Crippen molar-refractivity contribution in [2.75, 3.05) is 5.32 Å². The maximum absolute atomic E-state index is 12.6. The molecule has 5 nitrogen and oxygen atoms in total. The van der Waals surface area contributed by atoms with Gasteiger partial charge in [0.05, 0.1) is 45.6 Å². The van der Waals surface area contributed by atoms with Crippen molar-refractivity contribution in [3.05, 3.63) is 57.3 Å². The second kappa shape index (κ2) is 9.09. The first-order valence-corrected chi connectivity index (χ1v) is 9.20. The minimum Gasteiger partial charge on any atom is -0.385 e. The number of hydrogen-bond acceptors (Lipinski definition) is 3. The average Bonchev–Trinajstić information content (AvgIpc) is 2.60. The standard InChI is InChI=1S/C18H15Cl2F6N3O2/c1-16(31,8-17(21,22)23)10-4-12(19)14(13(20)5-10)29-15(30)28-7-11-3-2-9(6-27-11)18(24,25)26/h2-6,31H,7-8H2,1H3,(H2,28,29,30). The number of rotatable bonds is 5. The van der Waals surface area contributed by atoms with Gasteiger partial charge in [-0.3, -0.25) is 4.98 Å². The van der Waals surface area contributed by atoms with Crippen LogP contribution in [0.5, 0.6) is 0 Å². The van der Waals surface area contributed by atoms with E-state index in [1.54, 1.807) is 0 Å². The maximum atomic E-state index is 12.6. The Hall–Kier alpha value is -2.24. The topological polar surface area (TPSA) is 74.2 Å². The Morgan fingerprint density at radius 3 is 2.10 bits per heavy atom. The number of hydrogen-bond donors (Lipinski definition) is 3. The number of anilines is 1. The van der Waals surface area contributed by atoms with Crippen molar-refractivity contribution in [2.24, 2.45) is 0 Å². The molecule has 2 aromatic rings. The molecule has 0 spiro atoms. The zero-order valence-electron chi connectivity index (χ0n) is 15.6. The molecule has 2 amide bonds. The zero-order valence-corrected chi connectivity index (χ0v) is 17.1. The normalized spacial score (nSPS) is 14.1. The molecule has 1 atom stereocenters. The van der Waals surface area contributed by atoms with Crippen LogP contribution in [0.15, 0.2) is 30.5 Å². The van der Waals surface area contributed by atoms with E-state index in [1.165, 1.54) is 0 Å². The van der Waals surface area contributed by atoms with Gasteiger partial charge in [-0.05, 0) is 36.8 Å². The van der Waals surface area contributed by atoms with Gasteiger partial charge in [-0.25, -0.2) is 4.79 Å². The molecule has 1 aromatic heterocycles. The molecule has 0 aliphatic rings. The van der Waals surface area contributed by atoms with E-state index in [9.17, 15) is 36.2 Å². The lowest BCUT2D eigenvalue weighted by Gasteiger charge is -2.26. The van der Waals surface area contributed by atoms with Crippen molar-refractivity contribution in [3.63, 3.8) is 0 Å². The van der Waals surface area contributed by atoms with Crippen LogP contribution in [0.2, 0.25) is 10.0 Å². The molecular weight excluding hydrogens is 475 g/mol. The molecule has 0 saturated heterocycles. The number of alkyl halides is 6. The van der Waals surface area contributed by atoms with Gasteiger partial charge in [0.15, 0.2) is 0 Å². The molecule has 0 saturated carbocycles. The third-order valence-electron chi connectivity index (χ3n) is 4.03. The van der Waals surface area contributed by atoms with Crippen molar-refractivity contribution in [2.45, 2.75) is 37.8 Å². The average molecular weight is 490 g/mol. The number of amides is 2. The summed E-state index contributed by atoms with van der Waals surface area (Å²) in [5.41, 5.74) is -3.45. The van der Waals surface area contributed by atoms with Crippen LogP contribution < -0.4 is 10.6 Å². The molecule has 13 heteroatoms. The molecule has 2 rings (SSSR count). The van der Waals surface area contributed by atoms with Gasteiger partial charge in [0.25, 0.3) is 0 Å². The minimum atomic E-state index is -4.65. The van der Waals surface area contributed by atoms with Crippen molar-refractivity contribution in [3.8, 4) is 0 Å². The van der Waals surface area contributed by atoms with E-state index in [4.69, 9.17) is 23.2 Å². The summed E-state index contributed by atoms with van der Waals surface area (Å²) in [5, 5.41) is 14.3. The second-order valence-corrected chi connectivity index (χ2v) is 7.54. The summed E-state index contributed by atoms with van der Waals surface area (Å²) in [7, 11) is 0. The Balaban J connectivity index is 2.06. The van der Waals surface area contributed by atoms with Gasteiger partial charge in [-0.2, -0.15) is 26.3 Å². The maximum Gasteiger partial charge on any atom is 0.417 e. The number of aliphatic hydroxyl groups is 1. The van der Waals surface area contributed by atoms with Crippen LogP contribution in [-0.4, -0.2) is 22.3 Å². The number of nitrogens with one attached hydrogen (secondary N) is 2. The highest BCUT2D eigenvalue weighted by atomic mass is 35.5. The molecule has 0 aliphatic carbocycles. The summed E-state index contributed by atoms with van der Waals surface area (Å²) in [6, 6.07) is 3.11. The smallest absolute Gasteiger partial charge is 0.385 e. The second-order valence-electron chi connectivity index (χ2n) is 6.72. The summed E-state index contributed by atoms with van der Waals surface area (Å²) < 4.78 is 75.5. The quantitative estimate of drug-likeness (QED) is 0.458. The number of carbonyl (C=O) groups excluding carboxylic acids is 1. The fourth-order valence-electron chi connectivity index (χ4n) is 2.52. The van der Waals surface area contributed by atoms with Gasteiger partial charge in [-0.15, -0.1) is 0 Å². The predicted octanol–water partition coefficient (Wildman–Crippen LogP) is 5.89. The molecule has 0 aliphatic heterocycles. The number of nitrogens with zero attached hydrogens (tertiary/aromatic N) is 1. The van der Waals surface area contributed by atoms with Gasteiger partial charge in [0.2, 0.25) is 0 Å². The van der Waals surface area contributed by atoms with Crippen LogP contribution in [0.3, 0.4) is 0 Å². The first kappa shape index (κ1) is 25.0.